The van der Waals surface area contributed by atoms with Crippen LogP contribution >= 0.6 is 0 Å². The van der Waals surface area contributed by atoms with Crippen molar-refractivity contribution in [3.05, 3.63) is 127 Å². The van der Waals surface area contributed by atoms with E-state index in [4.69, 9.17) is 37.3 Å². The molecule has 11 nitrogen and oxygen atoms in total. The number of hydrogen-bond acceptors (Lipinski definition) is 9. The maximum absolute atomic E-state index is 12.2. The minimum absolute atomic E-state index is 0.101. The molecule has 0 N–H and O–H groups in total. The summed E-state index contributed by atoms with van der Waals surface area (Å²) in [7, 11) is 0. The van der Waals surface area contributed by atoms with Crippen LogP contribution < -0.4 is 44.4 Å². The van der Waals surface area contributed by atoms with Crippen molar-refractivity contribution < 1.29 is 43.1 Å². The fourth-order valence-electron chi connectivity index (χ4n) is 4.39. The largest absolute Gasteiger partial charge is 0.872 e. The lowest BCUT2D eigenvalue weighted by atomic mass is 10.1. The summed E-state index contributed by atoms with van der Waals surface area (Å²) in [6.07, 6.45) is 4.05. The van der Waals surface area contributed by atoms with Gasteiger partial charge in [-0.25, -0.2) is 0 Å². The highest BCUT2D eigenvalue weighted by molar-refractivity contribution is 6.07. The minimum atomic E-state index is -0.215. The summed E-state index contributed by atoms with van der Waals surface area (Å²) in [6.45, 7) is 4.20. The standard InChI is InChI=1S/C17H12O5.C9H7O3.C8H6O3/c18-13(12-3-6-15-17(8-12)22-10-20-15)4-1-11-2-5-14-16(7-11)21-9-19-14;1-6(10)7-2-3-8-9(4-7)12-5-11-8;9-4-6-1-2-7-8(3-6)11-5-10-7/h1-8H,9-10H2;2-4H,1,5H2;1-4H,5H2/q;+1;/b4-1+;;. The van der Waals surface area contributed by atoms with Crippen LogP contribution in [0.15, 0.2) is 94.3 Å². The smallest absolute Gasteiger partial charge is 0.570 e. The molecule has 0 saturated heterocycles. The van der Waals surface area contributed by atoms with Gasteiger partial charge in [0.05, 0.1) is 12.1 Å². The first-order valence-corrected chi connectivity index (χ1v) is 13.6. The highest BCUT2D eigenvalue weighted by Gasteiger charge is 2.19. The quantitative estimate of drug-likeness (QED) is 0.0832. The molecule has 0 bridgehead atoms. The van der Waals surface area contributed by atoms with Crippen LogP contribution in [0.1, 0.15) is 31.8 Å². The second kappa shape index (κ2) is 13.0. The predicted molar refractivity (Wildman–Crippen MR) is 161 cm³/mol. The number of aldehydes is 1. The fourth-order valence-corrected chi connectivity index (χ4v) is 4.39. The summed E-state index contributed by atoms with van der Waals surface area (Å²) < 4.78 is 41.3. The van der Waals surface area contributed by atoms with Gasteiger partial charge < -0.3 is 33.5 Å². The Kier molecular flexibility index (Phi) is 8.40. The highest BCUT2D eigenvalue weighted by atomic mass is 16.7. The van der Waals surface area contributed by atoms with Crippen molar-refractivity contribution in [2.75, 3.05) is 27.2 Å². The number of carbonyl (C=O) groups is 2. The van der Waals surface area contributed by atoms with E-state index in [-0.39, 0.29) is 38.7 Å². The maximum atomic E-state index is 12.2. The van der Waals surface area contributed by atoms with Crippen molar-refractivity contribution in [1.82, 2.24) is 0 Å². The lowest BCUT2D eigenvalue weighted by molar-refractivity contribution is -0.243. The molecule has 4 aliphatic rings. The maximum Gasteiger partial charge on any atom is 0.570 e. The zero-order chi connectivity index (χ0) is 31.2. The molecule has 4 aliphatic heterocycles. The molecule has 45 heavy (non-hydrogen) atoms. The third kappa shape index (κ3) is 6.78. The van der Waals surface area contributed by atoms with Crippen LogP contribution in [-0.4, -0.2) is 39.2 Å². The van der Waals surface area contributed by atoms with Crippen molar-refractivity contribution in [2.24, 2.45) is 0 Å². The molecule has 226 valence electrons. The van der Waals surface area contributed by atoms with Crippen LogP contribution in [0, 0.1) is 0 Å². The molecule has 0 radical (unpaired) electrons. The summed E-state index contributed by atoms with van der Waals surface area (Å²) in [6, 6.07) is 20.8. The summed E-state index contributed by atoms with van der Waals surface area (Å²) in [5.41, 5.74) is 3.87. The minimum Gasteiger partial charge on any atom is -0.872 e. The van der Waals surface area contributed by atoms with Crippen molar-refractivity contribution in [2.45, 2.75) is 0 Å². The molecule has 0 aromatic heterocycles. The average Bonchev–Trinajstić information content (AvgIpc) is 3.89. The summed E-state index contributed by atoms with van der Waals surface area (Å²) >= 11 is 0. The van der Waals surface area contributed by atoms with Gasteiger partial charge in [0, 0.05) is 11.1 Å². The summed E-state index contributed by atoms with van der Waals surface area (Å²) in [5, 5.41) is 10.8. The van der Waals surface area contributed by atoms with Crippen LogP contribution in [-0.2, 0) is 0 Å². The fraction of sp³-hybridized carbons (Fsp3) is 0.118. The van der Waals surface area contributed by atoms with E-state index >= 15 is 0 Å². The van der Waals surface area contributed by atoms with Crippen molar-refractivity contribution in [1.29, 1.82) is 0 Å². The third-order valence-electron chi connectivity index (χ3n) is 6.71. The van der Waals surface area contributed by atoms with Crippen LogP contribution in [0.5, 0.6) is 34.5 Å². The molecule has 4 aromatic rings. The van der Waals surface area contributed by atoms with Crippen molar-refractivity contribution in [3.63, 3.8) is 0 Å². The van der Waals surface area contributed by atoms with Gasteiger partial charge in [0.1, 0.15) is 6.29 Å². The van der Waals surface area contributed by atoms with Crippen LogP contribution in [0.4, 0.5) is 0 Å². The lowest BCUT2D eigenvalue weighted by Gasteiger charge is -2.05. The third-order valence-corrected chi connectivity index (χ3v) is 6.71. The van der Waals surface area contributed by atoms with E-state index in [1.54, 1.807) is 60.7 Å². The molecule has 8 rings (SSSR count). The molecular formula is C34H25O11+. The first-order chi connectivity index (χ1) is 22.0. The topological polar surface area (TPSA) is 135 Å². The normalized spacial score (nSPS) is 13.8. The summed E-state index contributed by atoms with van der Waals surface area (Å²) in [4.78, 5) is 22.5. The zero-order valence-corrected chi connectivity index (χ0v) is 23.7. The van der Waals surface area contributed by atoms with Gasteiger partial charge >= 0.3 is 17.7 Å². The average molecular weight is 610 g/mol. The number of rotatable bonds is 5. The van der Waals surface area contributed by atoms with Gasteiger partial charge in [-0.1, -0.05) is 12.1 Å². The van der Waals surface area contributed by atoms with E-state index in [0.717, 1.165) is 17.6 Å². The Morgan fingerprint density at radius 1 is 0.644 bits per heavy atom. The Morgan fingerprint density at radius 2 is 1.18 bits per heavy atom. The number of carbonyl (C=O) groups excluding carboxylic acids is 2. The van der Waals surface area contributed by atoms with Gasteiger partial charge in [0.15, 0.2) is 40.3 Å². The Balaban J connectivity index is 0.000000131. The van der Waals surface area contributed by atoms with Crippen molar-refractivity contribution >= 4 is 23.9 Å². The van der Waals surface area contributed by atoms with Crippen LogP contribution in [0.25, 0.3) is 11.8 Å². The molecule has 0 unspecified atom stereocenters. The second-order valence-corrected chi connectivity index (χ2v) is 9.60. The number of hydrogen-bond donors (Lipinski definition) is 0. The van der Waals surface area contributed by atoms with Crippen molar-refractivity contribution in [3.8, 4) is 34.5 Å². The number of fused-ring (bicyclic) bond motifs is 4. The SMILES string of the molecule is C=C([O-])c1ccc2c(c1)=[O+]C[O+]=2.O=C(/C=C/c1ccc2c(c1)OCO2)c1ccc2c(c1)OCO2.O=Cc1ccc2c(c1)OCO2. The van der Waals surface area contributed by atoms with Crippen LogP contribution in [0.2, 0.25) is 0 Å². The number of ether oxygens (including phenoxy) is 6. The van der Waals surface area contributed by atoms with E-state index < -0.39 is 0 Å². The van der Waals surface area contributed by atoms with Gasteiger partial charge in [0.2, 0.25) is 20.4 Å². The summed E-state index contributed by atoms with van der Waals surface area (Å²) in [5.74, 6) is 3.71. The molecule has 0 aliphatic carbocycles. The van der Waals surface area contributed by atoms with Gasteiger partial charge in [-0.2, -0.15) is 8.85 Å². The lowest BCUT2D eigenvalue weighted by Crippen LogP contribution is -2.22. The monoisotopic (exact) mass is 609 g/mol. The first-order valence-electron chi connectivity index (χ1n) is 13.6. The number of benzene rings is 4. The Hall–Kier alpha value is -6.10. The molecule has 0 amide bonds. The highest BCUT2D eigenvalue weighted by Crippen LogP contribution is 2.34. The van der Waals surface area contributed by atoms with Gasteiger partial charge in [0.25, 0.3) is 0 Å². The Morgan fingerprint density at radius 3 is 1.82 bits per heavy atom. The molecule has 4 aromatic carbocycles. The van der Waals surface area contributed by atoms with Gasteiger partial charge in [-0.15, -0.1) is 12.3 Å². The zero-order valence-electron chi connectivity index (χ0n) is 23.7. The van der Waals surface area contributed by atoms with Gasteiger partial charge in [-0.3, -0.25) is 9.59 Å². The van der Waals surface area contributed by atoms with Gasteiger partial charge in [-0.05, 0) is 71.8 Å². The Bertz CT molecular complexity index is 1940. The molecule has 11 heteroatoms. The second-order valence-electron chi connectivity index (χ2n) is 9.60. The number of allylic oxidation sites excluding steroid dienone is 1. The van der Waals surface area contributed by atoms with E-state index in [9.17, 15) is 14.7 Å². The molecular weight excluding hydrogens is 584 g/mol. The first kappa shape index (κ1) is 29.0. The van der Waals surface area contributed by atoms with E-state index in [0.29, 0.717) is 56.3 Å². The van der Waals surface area contributed by atoms with E-state index in [2.05, 4.69) is 6.58 Å². The molecule has 0 saturated carbocycles. The van der Waals surface area contributed by atoms with E-state index in [1.807, 2.05) is 18.2 Å². The molecule has 0 fully saturated rings. The molecule has 0 spiro atoms. The predicted octanol–water partition coefficient (Wildman–Crippen LogP) is 3.49. The molecule has 4 heterocycles. The van der Waals surface area contributed by atoms with Crippen LogP contribution in [0.3, 0.4) is 0 Å². The number of ketones is 1. The van der Waals surface area contributed by atoms with E-state index in [1.165, 1.54) is 6.08 Å². The Labute approximate surface area is 256 Å². The molecule has 0 atom stereocenters.